The summed E-state index contributed by atoms with van der Waals surface area (Å²) < 4.78 is 12.3. The van der Waals surface area contributed by atoms with Gasteiger partial charge in [-0.3, -0.25) is 14.2 Å². The first-order chi connectivity index (χ1) is 15.0. The number of nitrogens with zero attached hydrogens (tertiary/aromatic N) is 2. The number of ether oxygens (including phenoxy) is 2. The average Bonchev–Trinajstić information content (AvgIpc) is 3.33. The predicted octanol–water partition coefficient (Wildman–Crippen LogP) is 4.37. The summed E-state index contributed by atoms with van der Waals surface area (Å²) >= 11 is 2.76. The molecule has 1 fully saturated rings. The van der Waals surface area contributed by atoms with Crippen LogP contribution in [0.25, 0.3) is 10.2 Å². The van der Waals surface area contributed by atoms with Crippen LogP contribution in [0.15, 0.2) is 46.2 Å². The van der Waals surface area contributed by atoms with Crippen LogP contribution in [0.3, 0.4) is 0 Å². The second kappa shape index (κ2) is 8.05. The van der Waals surface area contributed by atoms with Gasteiger partial charge in [0, 0.05) is 18.3 Å². The van der Waals surface area contributed by atoms with Crippen LogP contribution in [-0.2, 0) is 11.3 Å². The number of thiophene rings is 1. The van der Waals surface area contributed by atoms with Gasteiger partial charge in [0.05, 0.1) is 10.6 Å². The van der Waals surface area contributed by atoms with E-state index in [4.69, 9.17) is 14.5 Å². The van der Waals surface area contributed by atoms with Gasteiger partial charge in [0.1, 0.15) is 4.83 Å². The Hall–Kier alpha value is -2.78. The van der Waals surface area contributed by atoms with E-state index in [-0.39, 0.29) is 18.3 Å². The summed E-state index contributed by atoms with van der Waals surface area (Å²) in [5, 5.41) is 5.73. The minimum Gasteiger partial charge on any atom is -0.454 e. The molecule has 160 valence electrons. The minimum absolute atomic E-state index is 0.0565. The van der Waals surface area contributed by atoms with E-state index in [1.54, 1.807) is 35.8 Å². The third-order valence-corrected chi connectivity index (χ3v) is 7.29. The molecular weight excluding hydrogens is 434 g/mol. The summed E-state index contributed by atoms with van der Waals surface area (Å²) in [5.41, 5.74) is 1.68. The summed E-state index contributed by atoms with van der Waals surface area (Å²) in [4.78, 5) is 31.5. The molecule has 0 saturated heterocycles. The molecule has 2 aromatic heterocycles. The van der Waals surface area contributed by atoms with Crippen molar-refractivity contribution in [2.75, 3.05) is 12.1 Å². The maximum absolute atomic E-state index is 13.2. The fourth-order valence-corrected chi connectivity index (χ4v) is 5.51. The second-order valence-electron chi connectivity index (χ2n) is 7.56. The number of carbonyl (C=O) groups excluding carboxylic acids is 1. The molecule has 0 bridgehead atoms. The van der Waals surface area contributed by atoms with Gasteiger partial charge in [-0.25, -0.2) is 4.98 Å². The van der Waals surface area contributed by atoms with Crippen LogP contribution in [0, 0.1) is 0 Å². The van der Waals surface area contributed by atoms with Crippen LogP contribution in [0.4, 0.5) is 5.69 Å². The molecule has 5 rings (SSSR count). The van der Waals surface area contributed by atoms with Gasteiger partial charge in [0.25, 0.3) is 5.56 Å². The molecule has 1 atom stereocenters. The van der Waals surface area contributed by atoms with Crippen molar-refractivity contribution in [3.05, 3.63) is 52.2 Å². The third-order valence-electron chi connectivity index (χ3n) is 5.31. The molecular formula is C22H21N3O4S2. The van der Waals surface area contributed by atoms with Crippen LogP contribution in [0.5, 0.6) is 11.5 Å². The van der Waals surface area contributed by atoms with Gasteiger partial charge in [-0.2, -0.15) is 0 Å². The van der Waals surface area contributed by atoms with E-state index in [2.05, 4.69) is 17.3 Å². The first-order valence-electron chi connectivity index (χ1n) is 10.0. The first-order valence-corrected chi connectivity index (χ1v) is 11.8. The normalized spacial score (nSPS) is 15.8. The number of nitrogens with one attached hydrogen (secondary N) is 1. The standard InChI is InChI=1S/C22H21N3O4S2/c1-3-8-25-21(27)18-15(13-4-5-13)10-30-20(18)24-22(25)31-12(2)19(26)23-14-6-7-16-17(9-14)29-11-28-16/h3,6-7,9-10,12-13H,1,4-5,8,11H2,2H3,(H,23,26)/t12-/m1/s1. The third kappa shape index (κ3) is 3.83. The zero-order valence-corrected chi connectivity index (χ0v) is 18.6. The zero-order valence-electron chi connectivity index (χ0n) is 16.9. The maximum Gasteiger partial charge on any atom is 0.263 e. The summed E-state index contributed by atoms with van der Waals surface area (Å²) in [5.74, 6) is 1.56. The average molecular weight is 456 g/mol. The van der Waals surface area contributed by atoms with Crippen molar-refractivity contribution < 1.29 is 14.3 Å². The Morgan fingerprint density at radius 1 is 1.42 bits per heavy atom. The fraction of sp³-hybridized carbons (Fsp3) is 0.318. The van der Waals surface area contributed by atoms with Crippen LogP contribution in [0.2, 0.25) is 0 Å². The lowest BCUT2D eigenvalue weighted by atomic mass is 10.1. The summed E-state index contributed by atoms with van der Waals surface area (Å²) in [7, 11) is 0. The van der Waals surface area contributed by atoms with E-state index in [0.717, 1.165) is 28.6 Å². The Balaban J connectivity index is 1.39. The Morgan fingerprint density at radius 3 is 3.00 bits per heavy atom. The van der Waals surface area contributed by atoms with E-state index in [9.17, 15) is 9.59 Å². The lowest BCUT2D eigenvalue weighted by Gasteiger charge is -2.15. The SMILES string of the molecule is C=CCn1c(S[C@H](C)C(=O)Nc2ccc3c(c2)OCO3)nc2scc(C3CC3)c2c1=O. The van der Waals surface area contributed by atoms with E-state index in [1.807, 2.05) is 0 Å². The van der Waals surface area contributed by atoms with Gasteiger partial charge in [-0.15, -0.1) is 17.9 Å². The molecule has 1 amide bonds. The molecule has 3 aromatic rings. The fourth-order valence-electron chi connectivity index (χ4n) is 3.53. The molecule has 1 aliphatic heterocycles. The summed E-state index contributed by atoms with van der Waals surface area (Å²) in [6, 6.07) is 5.27. The highest BCUT2D eigenvalue weighted by atomic mass is 32.2. The number of rotatable bonds is 7. The van der Waals surface area contributed by atoms with Gasteiger partial charge in [-0.1, -0.05) is 17.8 Å². The largest absolute Gasteiger partial charge is 0.454 e. The number of fused-ring (bicyclic) bond motifs is 2. The number of aromatic nitrogens is 2. The maximum atomic E-state index is 13.2. The van der Waals surface area contributed by atoms with Crippen LogP contribution in [-0.4, -0.2) is 27.5 Å². The first kappa shape index (κ1) is 20.1. The highest BCUT2D eigenvalue weighted by Crippen LogP contribution is 2.44. The Kier molecular flexibility index (Phi) is 5.23. The lowest BCUT2D eigenvalue weighted by molar-refractivity contribution is -0.115. The molecule has 31 heavy (non-hydrogen) atoms. The monoisotopic (exact) mass is 455 g/mol. The molecule has 0 radical (unpaired) electrons. The number of amides is 1. The molecule has 1 aromatic carbocycles. The van der Waals surface area contributed by atoms with Crippen molar-refractivity contribution >= 4 is 44.9 Å². The Morgan fingerprint density at radius 2 is 2.23 bits per heavy atom. The van der Waals surface area contributed by atoms with Gasteiger partial charge in [-0.05, 0) is 48.8 Å². The van der Waals surface area contributed by atoms with Crippen LogP contribution >= 0.6 is 23.1 Å². The number of benzene rings is 1. The lowest BCUT2D eigenvalue weighted by Crippen LogP contribution is -2.26. The van der Waals surface area contributed by atoms with Crippen molar-refractivity contribution in [1.82, 2.24) is 9.55 Å². The topological polar surface area (TPSA) is 82.5 Å². The Bertz CT molecular complexity index is 1250. The van der Waals surface area contributed by atoms with Crippen molar-refractivity contribution in [2.45, 2.75) is 42.6 Å². The molecule has 9 heteroatoms. The highest BCUT2D eigenvalue weighted by Gasteiger charge is 2.29. The van der Waals surface area contributed by atoms with E-state index in [0.29, 0.717) is 34.8 Å². The van der Waals surface area contributed by atoms with Gasteiger partial charge in [0.2, 0.25) is 12.7 Å². The van der Waals surface area contributed by atoms with E-state index < -0.39 is 5.25 Å². The molecule has 0 spiro atoms. The quantitative estimate of drug-likeness (QED) is 0.324. The van der Waals surface area contributed by atoms with Crippen molar-refractivity contribution in [3.8, 4) is 11.5 Å². The molecule has 1 saturated carbocycles. The molecule has 1 aliphatic carbocycles. The molecule has 3 heterocycles. The van der Waals surface area contributed by atoms with E-state index >= 15 is 0 Å². The van der Waals surface area contributed by atoms with Gasteiger partial charge in [0.15, 0.2) is 16.7 Å². The van der Waals surface area contributed by atoms with Crippen LogP contribution in [0.1, 0.15) is 31.2 Å². The molecule has 0 unspecified atom stereocenters. The minimum atomic E-state index is -0.464. The van der Waals surface area contributed by atoms with Crippen molar-refractivity contribution in [2.24, 2.45) is 0 Å². The summed E-state index contributed by atoms with van der Waals surface area (Å²) in [6.45, 7) is 6.10. The number of hydrogen-bond donors (Lipinski definition) is 1. The van der Waals surface area contributed by atoms with Gasteiger partial charge >= 0.3 is 0 Å². The van der Waals surface area contributed by atoms with Crippen molar-refractivity contribution in [3.63, 3.8) is 0 Å². The molecule has 1 N–H and O–H groups in total. The second-order valence-corrected chi connectivity index (χ2v) is 9.73. The number of allylic oxidation sites excluding steroid dienone is 1. The number of thioether (sulfide) groups is 1. The van der Waals surface area contributed by atoms with Crippen molar-refractivity contribution in [1.29, 1.82) is 0 Å². The number of carbonyl (C=O) groups is 1. The smallest absolute Gasteiger partial charge is 0.263 e. The molecule has 7 nitrogen and oxygen atoms in total. The number of anilines is 1. The van der Waals surface area contributed by atoms with Gasteiger partial charge < -0.3 is 14.8 Å². The predicted molar refractivity (Wildman–Crippen MR) is 123 cm³/mol. The van der Waals surface area contributed by atoms with E-state index in [1.165, 1.54) is 23.1 Å². The summed E-state index contributed by atoms with van der Waals surface area (Å²) in [6.07, 6.45) is 3.93. The Labute approximate surface area is 187 Å². The zero-order chi connectivity index (χ0) is 21.5. The molecule has 2 aliphatic rings. The number of hydrogen-bond acceptors (Lipinski definition) is 7. The van der Waals surface area contributed by atoms with Crippen LogP contribution < -0.4 is 20.3 Å². The highest BCUT2D eigenvalue weighted by molar-refractivity contribution is 8.00.